The van der Waals surface area contributed by atoms with Crippen LogP contribution in [0.5, 0.6) is 0 Å². The van der Waals surface area contributed by atoms with Crippen molar-refractivity contribution < 1.29 is 4.79 Å². The van der Waals surface area contributed by atoms with Gasteiger partial charge in [0.2, 0.25) is 5.91 Å². The highest BCUT2D eigenvalue weighted by Crippen LogP contribution is 2.42. The summed E-state index contributed by atoms with van der Waals surface area (Å²) in [6, 6.07) is 0. The Morgan fingerprint density at radius 3 is 2.52 bits per heavy atom. The van der Waals surface area contributed by atoms with Crippen LogP contribution in [-0.4, -0.2) is 25.5 Å². The SMILES string of the molecule is O=C(NCCC1CCNCC1)C1CCC2CCCCC2C1. The number of hydrogen-bond acceptors (Lipinski definition) is 2. The molecule has 21 heavy (non-hydrogen) atoms. The lowest BCUT2D eigenvalue weighted by Gasteiger charge is -2.38. The quantitative estimate of drug-likeness (QED) is 0.836. The third kappa shape index (κ3) is 4.21. The van der Waals surface area contributed by atoms with E-state index in [4.69, 9.17) is 0 Å². The van der Waals surface area contributed by atoms with Gasteiger partial charge in [-0.15, -0.1) is 0 Å². The molecule has 1 amide bonds. The maximum Gasteiger partial charge on any atom is 0.223 e. The molecule has 1 heterocycles. The summed E-state index contributed by atoms with van der Waals surface area (Å²) < 4.78 is 0. The Morgan fingerprint density at radius 1 is 0.952 bits per heavy atom. The molecule has 2 aliphatic carbocycles. The van der Waals surface area contributed by atoms with E-state index in [0.717, 1.165) is 43.8 Å². The molecule has 0 spiro atoms. The number of piperidine rings is 1. The Balaban J connectivity index is 1.37. The number of rotatable bonds is 4. The molecular weight excluding hydrogens is 260 g/mol. The van der Waals surface area contributed by atoms with Crippen molar-refractivity contribution in [3.8, 4) is 0 Å². The molecule has 0 radical (unpaired) electrons. The first kappa shape index (κ1) is 15.3. The minimum Gasteiger partial charge on any atom is -0.356 e. The van der Waals surface area contributed by atoms with Crippen LogP contribution < -0.4 is 10.6 Å². The van der Waals surface area contributed by atoms with Gasteiger partial charge < -0.3 is 10.6 Å². The topological polar surface area (TPSA) is 41.1 Å². The molecule has 1 saturated heterocycles. The summed E-state index contributed by atoms with van der Waals surface area (Å²) in [6.07, 6.45) is 13.0. The van der Waals surface area contributed by atoms with E-state index in [-0.39, 0.29) is 0 Å². The van der Waals surface area contributed by atoms with Gasteiger partial charge in [0.25, 0.3) is 0 Å². The first-order valence-electron chi connectivity index (χ1n) is 9.31. The molecule has 3 unspecified atom stereocenters. The fourth-order valence-electron chi connectivity index (χ4n) is 4.83. The minimum atomic E-state index is 0.317. The maximum atomic E-state index is 12.4. The molecule has 0 aromatic heterocycles. The Labute approximate surface area is 129 Å². The number of hydrogen-bond donors (Lipinski definition) is 2. The first-order valence-corrected chi connectivity index (χ1v) is 9.31. The standard InChI is InChI=1S/C18H32N2O/c21-18(20-12-9-14-7-10-19-11-8-14)17-6-5-15-3-1-2-4-16(15)13-17/h14-17,19H,1-13H2,(H,20,21). The van der Waals surface area contributed by atoms with Crippen LogP contribution in [0, 0.1) is 23.7 Å². The Kier molecular flexibility index (Phi) is 5.56. The normalized spacial score (nSPS) is 34.2. The predicted molar refractivity (Wildman–Crippen MR) is 86.0 cm³/mol. The summed E-state index contributed by atoms with van der Waals surface area (Å²) >= 11 is 0. The van der Waals surface area contributed by atoms with E-state index in [1.165, 1.54) is 57.8 Å². The van der Waals surface area contributed by atoms with E-state index in [2.05, 4.69) is 10.6 Å². The molecule has 3 fully saturated rings. The fraction of sp³-hybridized carbons (Fsp3) is 0.944. The minimum absolute atomic E-state index is 0.317. The summed E-state index contributed by atoms with van der Waals surface area (Å²) in [7, 11) is 0. The average Bonchev–Trinajstić information content (AvgIpc) is 2.55. The molecule has 2 N–H and O–H groups in total. The monoisotopic (exact) mass is 292 g/mol. The zero-order chi connectivity index (χ0) is 14.5. The average molecular weight is 292 g/mol. The van der Waals surface area contributed by atoms with Gasteiger partial charge in [0.15, 0.2) is 0 Å². The molecule has 2 saturated carbocycles. The molecule has 0 bridgehead atoms. The molecule has 3 heteroatoms. The lowest BCUT2D eigenvalue weighted by molar-refractivity contribution is -0.127. The summed E-state index contributed by atoms with van der Waals surface area (Å²) in [4.78, 5) is 12.4. The largest absolute Gasteiger partial charge is 0.356 e. The van der Waals surface area contributed by atoms with Crippen molar-refractivity contribution in [2.45, 2.75) is 64.2 Å². The third-order valence-corrected chi connectivity index (χ3v) is 6.22. The Hall–Kier alpha value is -0.570. The van der Waals surface area contributed by atoms with Gasteiger partial charge in [-0.25, -0.2) is 0 Å². The maximum absolute atomic E-state index is 12.4. The highest BCUT2D eigenvalue weighted by atomic mass is 16.1. The van der Waals surface area contributed by atoms with E-state index in [0.29, 0.717) is 11.8 Å². The van der Waals surface area contributed by atoms with Crippen LogP contribution in [0.2, 0.25) is 0 Å². The van der Waals surface area contributed by atoms with Crippen molar-refractivity contribution in [1.82, 2.24) is 10.6 Å². The molecule has 0 aromatic carbocycles. The second-order valence-electron chi connectivity index (χ2n) is 7.59. The molecule has 120 valence electrons. The van der Waals surface area contributed by atoms with Crippen LogP contribution in [0.1, 0.15) is 64.2 Å². The van der Waals surface area contributed by atoms with Gasteiger partial charge in [0, 0.05) is 12.5 Å². The van der Waals surface area contributed by atoms with Crippen molar-refractivity contribution in [3.05, 3.63) is 0 Å². The van der Waals surface area contributed by atoms with E-state index in [1.807, 2.05) is 0 Å². The van der Waals surface area contributed by atoms with Gasteiger partial charge in [0.1, 0.15) is 0 Å². The summed E-state index contributed by atoms with van der Waals surface area (Å²) in [5.41, 5.74) is 0. The van der Waals surface area contributed by atoms with Crippen molar-refractivity contribution in [1.29, 1.82) is 0 Å². The molecule has 0 aromatic rings. The zero-order valence-electron chi connectivity index (χ0n) is 13.4. The van der Waals surface area contributed by atoms with Crippen LogP contribution in [0.4, 0.5) is 0 Å². The van der Waals surface area contributed by atoms with Gasteiger partial charge in [-0.2, -0.15) is 0 Å². The number of nitrogens with one attached hydrogen (secondary N) is 2. The van der Waals surface area contributed by atoms with Crippen LogP contribution in [0.3, 0.4) is 0 Å². The van der Waals surface area contributed by atoms with Gasteiger partial charge in [-0.3, -0.25) is 4.79 Å². The molecule has 3 rings (SSSR count). The van der Waals surface area contributed by atoms with Crippen molar-refractivity contribution in [2.24, 2.45) is 23.7 Å². The van der Waals surface area contributed by atoms with E-state index >= 15 is 0 Å². The van der Waals surface area contributed by atoms with Crippen LogP contribution in [0.25, 0.3) is 0 Å². The van der Waals surface area contributed by atoms with Crippen LogP contribution in [0.15, 0.2) is 0 Å². The number of amides is 1. The fourth-order valence-corrected chi connectivity index (χ4v) is 4.83. The van der Waals surface area contributed by atoms with E-state index < -0.39 is 0 Å². The van der Waals surface area contributed by atoms with Crippen LogP contribution >= 0.6 is 0 Å². The molecular formula is C18H32N2O. The Morgan fingerprint density at radius 2 is 1.71 bits per heavy atom. The molecule has 3 aliphatic rings. The Bertz CT molecular complexity index is 338. The summed E-state index contributed by atoms with van der Waals surface area (Å²) in [6.45, 7) is 3.21. The zero-order valence-corrected chi connectivity index (χ0v) is 13.4. The highest BCUT2D eigenvalue weighted by molar-refractivity contribution is 5.78. The second kappa shape index (κ2) is 7.62. The molecule has 3 atom stereocenters. The first-order chi connectivity index (χ1) is 10.3. The van der Waals surface area contributed by atoms with Crippen molar-refractivity contribution >= 4 is 5.91 Å². The summed E-state index contributed by atoms with van der Waals surface area (Å²) in [5.74, 6) is 3.29. The number of fused-ring (bicyclic) bond motifs is 1. The van der Waals surface area contributed by atoms with Gasteiger partial charge >= 0.3 is 0 Å². The van der Waals surface area contributed by atoms with Gasteiger partial charge in [-0.05, 0) is 69.4 Å². The van der Waals surface area contributed by atoms with Crippen molar-refractivity contribution in [3.63, 3.8) is 0 Å². The van der Waals surface area contributed by atoms with Gasteiger partial charge in [0.05, 0.1) is 0 Å². The number of carbonyl (C=O) groups is 1. The van der Waals surface area contributed by atoms with E-state index in [9.17, 15) is 4.79 Å². The highest BCUT2D eigenvalue weighted by Gasteiger charge is 2.34. The predicted octanol–water partition coefficient (Wildman–Crippen LogP) is 3.10. The van der Waals surface area contributed by atoms with Crippen molar-refractivity contribution in [2.75, 3.05) is 19.6 Å². The lowest BCUT2D eigenvalue weighted by atomic mass is 9.67. The summed E-state index contributed by atoms with van der Waals surface area (Å²) in [5, 5.41) is 6.64. The number of carbonyl (C=O) groups excluding carboxylic acids is 1. The van der Waals surface area contributed by atoms with Gasteiger partial charge in [-0.1, -0.05) is 25.7 Å². The smallest absolute Gasteiger partial charge is 0.223 e. The van der Waals surface area contributed by atoms with Crippen LogP contribution in [-0.2, 0) is 4.79 Å². The lowest BCUT2D eigenvalue weighted by Crippen LogP contribution is -2.38. The molecule has 1 aliphatic heterocycles. The third-order valence-electron chi connectivity index (χ3n) is 6.22. The second-order valence-corrected chi connectivity index (χ2v) is 7.59. The molecule has 3 nitrogen and oxygen atoms in total. The van der Waals surface area contributed by atoms with E-state index in [1.54, 1.807) is 0 Å².